The Labute approximate surface area is 120 Å². The van der Waals surface area contributed by atoms with Gasteiger partial charge in [-0.2, -0.15) is 11.3 Å². The van der Waals surface area contributed by atoms with Crippen molar-refractivity contribution in [3.63, 3.8) is 0 Å². The van der Waals surface area contributed by atoms with Crippen LogP contribution in [-0.2, 0) is 6.54 Å². The number of benzene rings is 1. The zero-order chi connectivity index (χ0) is 13.0. The van der Waals surface area contributed by atoms with Gasteiger partial charge in [0, 0.05) is 17.6 Å². The maximum absolute atomic E-state index is 9.92. The second-order valence-electron chi connectivity index (χ2n) is 4.29. The molecule has 1 heterocycles. The second-order valence-corrected chi connectivity index (χ2v) is 5.92. The Bertz CT molecular complexity index is 499. The summed E-state index contributed by atoms with van der Waals surface area (Å²) in [6.07, 6.45) is -0.423. The van der Waals surface area contributed by atoms with Crippen molar-refractivity contribution in [3.8, 4) is 0 Å². The summed E-state index contributed by atoms with van der Waals surface area (Å²) in [4.78, 5) is 0. The molecule has 0 aliphatic heterocycles. The Balaban J connectivity index is 1.83. The highest BCUT2D eigenvalue weighted by molar-refractivity contribution is 9.10. The number of aliphatic hydroxyl groups is 1. The molecule has 0 aliphatic rings. The van der Waals surface area contributed by atoms with Gasteiger partial charge in [-0.3, -0.25) is 0 Å². The summed E-state index contributed by atoms with van der Waals surface area (Å²) in [5.74, 6) is 0. The van der Waals surface area contributed by atoms with Crippen LogP contribution in [0.4, 0.5) is 0 Å². The molecule has 96 valence electrons. The van der Waals surface area contributed by atoms with Gasteiger partial charge in [0.1, 0.15) is 0 Å². The molecular formula is C14H16BrNOS. The number of hydrogen-bond acceptors (Lipinski definition) is 3. The molecule has 4 heteroatoms. The lowest BCUT2D eigenvalue weighted by Gasteiger charge is -2.11. The van der Waals surface area contributed by atoms with Gasteiger partial charge in [0.2, 0.25) is 0 Å². The van der Waals surface area contributed by atoms with Crippen LogP contribution in [0.2, 0.25) is 0 Å². The van der Waals surface area contributed by atoms with Gasteiger partial charge in [0.25, 0.3) is 0 Å². The molecular weight excluding hydrogens is 310 g/mol. The summed E-state index contributed by atoms with van der Waals surface area (Å²) in [6.45, 7) is 3.43. The maximum Gasteiger partial charge on any atom is 0.0922 e. The number of halogens is 1. The molecule has 0 aliphatic carbocycles. The third-order valence-electron chi connectivity index (χ3n) is 2.82. The van der Waals surface area contributed by atoms with E-state index in [1.807, 2.05) is 16.8 Å². The summed E-state index contributed by atoms with van der Waals surface area (Å²) in [7, 11) is 0. The predicted molar refractivity (Wildman–Crippen MR) is 79.9 cm³/mol. The molecule has 1 aromatic heterocycles. The van der Waals surface area contributed by atoms with Crippen molar-refractivity contribution in [1.82, 2.24) is 5.32 Å². The number of hydrogen-bond donors (Lipinski definition) is 2. The third kappa shape index (κ3) is 3.65. The topological polar surface area (TPSA) is 32.3 Å². The van der Waals surface area contributed by atoms with Gasteiger partial charge < -0.3 is 10.4 Å². The first-order valence-corrected chi connectivity index (χ1v) is 7.56. The Kier molecular flexibility index (Phi) is 4.95. The molecule has 2 N–H and O–H groups in total. The van der Waals surface area contributed by atoms with Crippen molar-refractivity contribution in [3.05, 3.63) is 56.2 Å². The highest BCUT2D eigenvalue weighted by Gasteiger charge is 2.07. The molecule has 1 unspecified atom stereocenters. The van der Waals surface area contributed by atoms with Gasteiger partial charge in [-0.15, -0.1) is 0 Å². The summed E-state index contributed by atoms with van der Waals surface area (Å²) in [6, 6.07) is 8.25. The fourth-order valence-electron chi connectivity index (χ4n) is 1.75. The minimum absolute atomic E-state index is 0.423. The molecule has 1 atom stereocenters. The smallest absolute Gasteiger partial charge is 0.0922 e. The first kappa shape index (κ1) is 13.7. The SMILES string of the molecule is Cc1cc(CNCC(O)c2ccsc2)ccc1Br. The van der Waals surface area contributed by atoms with Crippen LogP contribution in [0.15, 0.2) is 39.5 Å². The van der Waals surface area contributed by atoms with Crippen LogP contribution in [0, 0.1) is 6.92 Å². The zero-order valence-corrected chi connectivity index (χ0v) is 12.6. The zero-order valence-electron chi connectivity index (χ0n) is 10.2. The van der Waals surface area contributed by atoms with Crippen LogP contribution < -0.4 is 5.32 Å². The number of aryl methyl sites for hydroxylation is 1. The van der Waals surface area contributed by atoms with E-state index in [-0.39, 0.29) is 0 Å². The standard InChI is InChI=1S/C14H16BrNOS/c1-10-6-11(2-3-13(10)15)7-16-8-14(17)12-4-5-18-9-12/h2-6,9,14,16-17H,7-8H2,1H3. The van der Waals surface area contributed by atoms with E-state index in [4.69, 9.17) is 0 Å². The van der Waals surface area contributed by atoms with Gasteiger partial charge in [-0.1, -0.05) is 28.1 Å². The Morgan fingerprint density at radius 3 is 2.89 bits per heavy atom. The Morgan fingerprint density at radius 1 is 1.39 bits per heavy atom. The van der Waals surface area contributed by atoms with E-state index in [0.29, 0.717) is 6.54 Å². The van der Waals surface area contributed by atoms with E-state index in [0.717, 1.165) is 16.6 Å². The molecule has 2 nitrogen and oxygen atoms in total. The fraction of sp³-hybridized carbons (Fsp3) is 0.286. The van der Waals surface area contributed by atoms with E-state index < -0.39 is 6.10 Å². The van der Waals surface area contributed by atoms with Gasteiger partial charge in [-0.05, 0) is 46.5 Å². The molecule has 0 bridgehead atoms. The Hall–Kier alpha value is -0.680. The summed E-state index contributed by atoms with van der Waals surface area (Å²) in [5.41, 5.74) is 3.44. The lowest BCUT2D eigenvalue weighted by molar-refractivity contribution is 0.175. The molecule has 2 aromatic rings. The number of rotatable bonds is 5. The van der Waals surface area contributed by atoms with Crippen molar-refractivity contribution in [1.29, 1.82) is 0 Å². The van der Waals surface area contributed by atoms with Gasteiger partial charge >= 0.3 is 0 Å². The van der Waals surface area contributed by atoms with Crippen LogP contribution in [0.3, 0.4) is 0 Å². The highest BCUT2D eigenvalue weighted by atomic mass is 79.9. The molecule has 1 aromatic carbocycles. The quantitative estimate of drug-likeness (QED) is 0.879. The first-order valence-electron chi connectivity index (χ1n) is 5.82. The molecule has 18 heavy (non-hydrogen) atoms. The normalized spacial score (nSPS) is 12.6. The summed E-state index contributed by atoms with van der Waals surface area (Å²) >= 11 is 5.10. The average Bonchev–Trinajstić information content (AvgIpc) is 2.87. The average molecular weight is 326 g/mol. The monoisotopic (exact) mass is 325 g/mol. The van der Waals surface area contributed by atoms with Gasteiger partial charge in [0.15, 0.2) is 0 Å². The molecule has 0 amide bonds. The van der Waals surface area contributed by atoms with Crippen molar-refractivity contribution in [2.24, 2.45) is 0 Å². The number of thiophene rings is 1. The Morgan fingerprint density at radius 2 is 2.22 bits per heavy atom. The molecule has 0 radical (unpaired) electrons. The number of aliphatic hydroxyl groups excluding tert-OH is 1. The minimum Gasteiger partial charge on any atom is -0.387 e. The molecule has 0 spiro atoms. The number of nitrogens with one attached hydrogen (secondary N) is 1. The predicted octanol–water partition coefficient (Wildman–Crippen LogP) is 3.64. The van der Waals surface area contributed by atoms with Gasteiger partial charge in [-0.25, -0.2) is 0 Å². The third-order valence-corrected chi connectivity index (χ3v) is 4.41. The second kappa shape index (κ2) is 6.48. The van der Waals surface area contributed by atoms with Crippen LogP contribution in [0.25, 0.3) is 0 Å². The van der Waals surface area contributed by atoms with Crippen molar-refractivity contribution >= 4 is 27.3 Å². The van der Waals surface area contributed by atoms with Gasteiger partial charge in [0.05, 0.1) is 6.10 Å². The molecule has 0 fully saturated rings. The molecule has 2 rings (SSSR count). The van der Waals surface area contributed by atoms with Crippen LogP contribution in [0.1, 0.15) is 22.8 Å². The fourth-order valence-corrected chi connectivity index (χ4v) is 2.71. The van der Waals surface area contributed by atoms with Crippen LogP contribution in [-0.4, -0.2) is 11.7 Å². The van der Waals surface area contributed by atoms with E-state index in [1.54, 1.807) is 11.3 Å². The van der Waals surface area contributed by atoms with E-state index in [1.165, 1.54) is 11.1 Å². The van der Waals surface area contributed by atoms with E-state index in [2.05, 4.69) is 46.4 Å². The summed E-state index contributed by atoms with van der Waals surface area (Å²) in [5, 5.41) is 17.2. The van der Waals surface area contributed by atoms with Crippen LogP contribution in [0.5, 0.6) is 0 Å². The van der Waals surface area contributed by atoms with Crippen molar-refractivity contribution < 1.29 is 5.11 Å². The van der Waals surface area contributed by atoms with Crippen molar-refractivity contribution in [2.45, 2.75) is 19.6 Å². The first-order chi connectivity index (χ1) is 8.66. The maximum atomic E-state index is 9.92. The molecule has 0 saturated carbocycles. The largest absolute Gasteiger partial charge is 0.387 e. The summed E-state index contributed by atoms with van der Waals surface area (Å²) < 4.78 is 1.13. The minimum atomic E-state index is -0.423. The lowest BCUT2D eigenvalue weighted by atomic mass is 10.1. The lowest BCUT2D eigenvalue weighted by Crippen LogP contribution is -2.20. The highest BCUT2D eigenvalue weighted by Crippen LogP contribution is 2.18. The van der Waals surface area contributed by atoms with E-state index >= 15 is 0 Å². The van der Waals surface area contributed by atoms with Crippen LogP contribution >= 0.6 is 27.3 Å². The van der Waals surface area contributed by atoms with Crippen molar-refractivity contribution in [2.75, 3.05) is 6.54 Å². The molecule has 0 saturated heterocycles. The van der Waals surface area contributed by atoms with E-state index in [9.17, 15) is 5.11 Å².